The van der Waals surface area contributed by atoms with Crippen molar-refractivity contribution in [2.45, 2.75) is 12.5 Å². The Morgan fingerprint density at radius 3 is 2.13 bits per heavy atom. The van der Waals surface area contributed by atoms with Crippen molar-refractivity contribution in [2.75, 3.05) is 40.5 Å². The maximum atomic E-state index is 11.9. The van der Waals surface area contributed by atoms with Crippen molar-refractivity contribution < 1.29 is 14.3 Å². The first kappa shape index (κ1) is 12.4. The second kappa shape index (κ2) is 6.05. The number of rotatable bonds is 7. The smallest absolute Gasteiger partial charge is 0.227 e. The molecular weight excluding hydrogens is 196 g/mol. The first-order valence-electron chi connectivity index (χ1n) is 5.23. The molecule has 5 nitrogen and oxygen atoms in total. The maximum absolute atomic E-state index is 11.9. The summed E-state index contributed by atoms with van der Waals surface area (Å²) in [6.45, 7) is 2.33. The highest BCUT2D eigenvalue weighted by molar-refractivity contribution is 5.82. The van der Waals surface area contributed by atoms with E-state index < -0.39 is 0 Å². The van der Waals surface area contributed by atoms with Gasteiger partial charge in [-0.3, -0.25) is 4.79 Å². The van der Waals surface area contributed by atoms with Crippen molar-refractivity contribution in [2.24, 2.45) is 11.7 Å². The number of ether oxygens (including phenoxy) is 2. The molecule has 0 spiro atoms. The largest absolute Gasteiger partial charge is 0.383 e. The summed E-state index contributed by atoms with van der Waals surface area (Å²) in [7, 11) is 3.25. The minimum atomic E-state index is 0.0266. The molecule has 0 radical (unpaired) electrons. The number of carbonyl (C=O) groups excluding carboxylic acids is 1. The van der Waals surface area contributed by atoms with Gasteiger partial charge >= 0.3 is 0 Å². The molecule has 0 aliphatic heterocycles. The summed E-state index contributed by atoms with van der Waals surface area (Å²) in [4.78, 5) is 13.6. The predicted molar refractivity (Wildman–Crippen MR) is 56.4 cm³/mol. The summed E-state index contributed by atoms with van der Waals surface area (Å²) < 4.78 is 9.93. The second-order valence-electron chi connectivity index (χ2n) is 3.82. The molecule has 1 rings (SSSR count). The molecule has 2 N–H and O–H groups in total. The molecule has 2 unspecified atom stereocenters. The van der Waals surface area contributed by atoms with E-state index in [1.807, 2.05) is 0 Å². The van der Waals surface area contributed by atoms with Crippen molar-refractivity contribution in [3.63, 3.8) is 0 Å². The summed E-state index contributed by atoms with van der Waals surface area (Å²) >= 11 is 0. The molecular formula is C10H20N2O3. The van der Waals surface area contributed by atoms with Crippen molar-refractivity contribution in [1.29, 1.82) is 0 Å². The molecule has 0 aromatic carbocycles. The normalized spacial score (nSPS) is 23.9. The Hall–Kier alpha value is -0.650. The van der Waals surface area contributed by atoms with Gasteiger partial charge in [-0.1, -0.05) is 0 Å². The van der Waals surface area contributed by atoms with E-state index in [0.29, 0.717) is 26.3 Å². The first-order chi connectivity index (χ1) is 7.20. The van der Waals surface area contributed by atoms with Gasteiger partial charge in [0.15, 0.2) is 0 Å². The van der Waals surface area contributed by atoms with E-state index in [2.05, 4.69) is 0 Å². The lowest BCUT2D eigenvalue weighted by Gasteiger charge is -2.22. The number of methoxy groups -OCH3 is 2. The molecule has 2 atom stereocenters. The quantitative estimate of drug-likeness (QED) is 0.620. The van der Waals surface area contributed by atoms with Crippen molar-refractivity contribution in [1.82, 2.24) is 4.90 Å². The molecule has 0 saturated heterocycles. The molecule has 0 aromatic heterocycles. The Bertz CT molecular complexity index is 203. The van der Waals surface area contributed by atoms with Gasteiger partial charge in [0.25, 0.3) is 0 Å². The fraction of sp³-hybridized carbons (Fsp3) is 0.900. The van der Waals surface area contributed by atoms with Crippen molar-refractivity contribution in [3.8, 4) is 0 Å². The number of nitrogens with two attached hydrogens (primary N) is 1. The zero-order valence-corrected chi connectivity index (χ0v) is 9.44. The number of carbonyl (C=O) groups is 1. The Kier molecular flexibility index (Phi) is 5.01. The molecule has 1 saturated carbocycles. The Morgan fingerprint density at radius 2 is 1.80 bits per heavy atom. The molecule has 0 bridgehead atoms. The van der Waals surface area contributed by atoms with Crippen LogP contribution in [0.5, 0.6) is 0 Å². The Morgan fingerprint density at radius 1 is 1.33 bits per heavy atom. The Balaban J connectivity index is 2.35. The van der Waals surface area contributed by atoms with Gasteiger partial charge in [-0.25, -0.2) is 0 Å². The summed E-state index contributed by atoms with van der Waals surface area (Å²) in [5.74, 6) is 0.162. The van der Waals surface area contributed by atoms with E-state index in [-0.39, 0.29) is 17.9 Å². The van der Waals surface area contributed by atoms with Crippen LogP contribution in [0.25, 0.3) is 0 Å². The summed E-state index contributed by atoms with van der Waals surface area (Å²) in [6, 6.07) is 0.0603. The van der Waals surface area contributed by atoms with Crippen LogP contribution in [0, 0.1) is 5.92 Å². The van der Waals surface area contributed by atoms with Gasteiger partial charge in [0.05, 0.1) is 19.1 Å². The van der Waals surface area contributed by atoms with E-state index in [9.17, 15) is 4.79 Å². The van der Waals surface area contributed by atoms with Crippen LogP contribution < -0.4 is 5.73 Å². The van der Waals surface area contributed by atoms with Gasteiger partial charge in [0, 0.05) is 33.4 Å². The van der Waals surface area contributed by atoms with Crippen LogP contribution >= 0.6 is 0 Å². The summed E-state index contributed by atoms with van der Waals surface area (Å²) in [6.07, 6.45) is 0.815. The van der Waals surface area contributed by atoms with Crippen LogP contribution in [-0.2, 0) is 14.3 Å². The lowest BCUT2D eigenvalue weighted by Crippen LogP contribution is -2.38. The van der Waals surface area contributed by atoms with Gasteiger partial charge < -0.3 is 20.1 Å². The summed E-state index contributed by atoms with van der Waals surface area (Å²) in [5, 5.41) is 0. The molecule has 5 heteroatoms. The molecule has 1 aliphatic carbocycles. The average molecular weight is 216 g/mol. The standard InChI is InChI=1S/C10H20N2O3/c1-14-5-3-12(4-6-15-2)10(13)8-7-9(8)11/h8-9H,3-7,11H2,1-2H3. The predicted octanol–water partition coefficient (Wildman–Crippen LogP) is -0.545. The minimum Gasteiger partial charge on any atom is -0.383 e. The van der Waals surface area contributed by atoms with E-state index in [4.69, 9.17) is 15.2 Å². The highest BCUT2D eigenvalue weighted by Crippen LogP contribution is 2.29. The first-order valence-corrected chi connectivity index (χ1v) is 5.23. The molecule has 1 amide bonds. The number of amides is 1. The monoisotopic (exact) mass is 216 g/mol. The number of hydrogen-bond acceptors (Lipinski definition) is 4. The van der Waals surface area contributed by atoms with E-state index >= 15 is 0 Å². The molecule has 0 heterocycles. The van der Waals surface area contributed by atoms with Crippen molar-refractivity contribution in [3.05, 3.63) is 0 Å². The van der Waals surface area contributed by atoms with Gasteiger partial charge in [0.1, 0.15) is 0 Å². The van der Waals surface area contributed by atoms with Crippen LogP contribution in [0.1, 0.15) is 6.42 Å². The van der Waals surface area contributed by atoms with Crippen LogP contribution in [0.4, 0.5) is 0 Å². The SMILES string of the molecule is COCCN(CCOC)C(=O)C1CC1N. The lowest BCUT2D eigenvalue weighted by molar-refractivity contribution is -0.133. The Labute approximate surface area is 90.5 Å². The number of nitrogens with zero attached hydrogens (tertiary/aromatic N) is 1. The summed E-state index contributed by atoms with van der Waals surface area (Å²) in [5.41, 5.74) is 5.65. The molecule has 1 fully saturated rings. The van der Waals surface area contributed by atoms with E-state index in [0.717, 1.165) is 6.42 Å². The second-order valence-corrected chi connectivity index (χ2v) is 3.82. The van der Waals surface area contributed by atoms with Gasteiger partial charge in [-0.2, -0.15) is 0 Å². The fourth-order valence-electron chi connectivity index (χ4n) is 1.47. The zero-order chi connectivity index (χ0) is 11.3. The minimum absolute atomic E-state index is 0.0266. The fourth-order valence-corrected chi connectivity index (χ4v) is 1.47. The molecule has 88 valence electrons. The van der Waals surface area contributed by atoms with E-state index in [1.165, 1.54) is 0 Å². The third kappa shape index (κ3) is 3.77. The van der Waals surface area contributed by atoms with Crippen LogP contribution in [0.3, 0.4) is 0 Å². The topological polar surface area (TPSA) is 64.8 Å². The van der Waals surface area contributed by atoms with E-state index in [1.54, 1.807) is 19.1 Å². The number of hydrogen-bond donors (Lipinski definition) is 1. The highest BCUT2D eigenvalue weighted by atomic mass is 16.5. The third-order valence-corrected chi connectivity index (χ3v) is 2.60. The van der Waals surface area contributed by atoms with Crippen LogP contribution in [0.2, 0.25) is 0 Å². The van der Waals surface area contributed by atoms with Gasteiger partial charge in [-0.05, 0) is 6.42 Å². The average Bonchev–Trinajstić information content (AvgIpc) is 2.95. The third-order valence-electron chi connectivity index (χ3n) is 2.60. The lowest BCUT2D eigenvalue weighted by atomic mass is 10.3. The van der Waals surface area contributed by atoms with Crippen molar-refractivity contribution >= 4 is 5.91 Å². The van der Waals surface area contributed by atoms with Gasteiger partial charge in [0.2, 0.25) is 5.91 Å². The molecule has 15 heavy (non-hydrogen) atoms. The van der Waals surface area contributed by atoms with Crippen LogP contribution in [-0.4, -0.2) is 57.4 Å². The molecule has 1 aliphatic rings. The van der Waals surface area contributed by atoms with Gasteiger partial charge in [-0.15, -0.1) is 0 Å². The van der Waals surface area contributed by atoms with Crippen LogP contribution in [0.15, 0.2) is 0 Å². The zero-order valence-electron chi connectivity index (χ0n) is 9.44. The highest BCUT2D eigenvalue weighted by Gasteiger charge is 2.42. The molecule has 0 aromatic rings. The maximum Gasteiger partial charge on any atom is 0.227 e.